The minimum Gasteiger partial charge on any atom is -0.466 e. The fourth-order valence-corrected chi connectivity index (χ4v) is 3.96. The summed E-state index contributed by atoms with van der Waals surface area (Å²) >= 11 is 5.17. The Morgan fingerprint density at radius 2 is 2.39 bits per heavy atom. The molecule has 0 bridgehead atoms. The quantitative estimate of drug-likeness (QED) is 0.289. The fourth-order valence-electron chi connectivity index (χ4n) is 2.57. The minimum absolute atomic E-state index is 0. The molecule has 0 aliphatic carbocycles. The molecule has 2 heterocycles. The topological polar surface area (TPSA) is 53.9 Å². The van der Waals surface area contributed by atoms with Crippen LogP contribution in [0, 0.1) is 5.92 Å². The van der Waals surface area contributed by atoms with E-state index in [1.807, 2.05) is 6.92 Å². The van der Waals surface area contributed by atoms with Gasteiger partial charge in [0, 0.05) is 34.9 Å². The van der Waals surface area contributed by atoms with Crippen molar-refractivity contribution in [1.82, 2.24) is 10.2 Å². The average molecular weight is 516 g/mol. The Morgan fingerprint density at radius 3 is 3.00 bits per heavy atom. The molecule has 1 fully saturated rings. The SMILES string of the molecule is CCOC(=O)C1CCCN(C(=NC)NCc2cc(Br)cs2)C1.I. The number of carbonyl (C=O) groups is 1. The van der Waals surface area contributed by atoms with Crippen LogP contribution in [0.4, 0.5) is 0 Å². The molecule has 5 nitrogen and oxygen atoms in total. The number of halogens is 2. The number of guanidine groups is 1. The van der Waals surface area contributed by atoms with E-state index in [1.54, 1.807) is 18.4 Å². The van der Waals surface area contributed by atoms with E-state index in [0.717, 1.165) is 36.4 Å². The number of aliphatic imine (C=N–C) groups is 1. The van der Waals surface area contributed by atoms with E-state index in [4.69, 9.17) is 4.74 Å². The Balaban J connectivity index is 0.00000264. The molecule has 0 aromatic carbocycles. The number of likely N-dealkylation sites (tertiary alicyclic amines) is 1. The van der Waals surface area contributed by atoms with Gasteiger partial charge in [-0.2, -0.15) is 0 Å². The standard InChI is InChI=1S/C15H22BrN3O2S.HI/c1-3-21-14(20)11-5-4-6-19(9-11)15(17-2)18-8-13-7-12(16)10-22-13;/h7,10-11H,3-6,8-9H2,1-2H3,(H,17,18);1H. The molecule has 1 atom stereocenters. The molecule has 130 valence electrons. The van der Waals surface area contributed by atoms with Crippen molar-refractivity contribution in [3.8, 4) is 0 Å². The van der Waals surface area contributed by atoms with Gasteiger partial charge in [-0.05, 0) is 41.8 Å². The van der Waals surface area contributed by atoms with Crippen molar-refractivity contribution in [3.05, 3.63) is 20.8 Å². The zero-order valence-corrected chi connectivity index (χ0v) is 18.1. The summed E-state index contributed by atoms with van der Waals surface area (Å²) in [7, 11) is 1.78. The number of nitrogens with zero attached hydrogens (tertiary/aromatic N) is 2. The van der Waals surface area contributed by atoms with Crippen molar-refractivity contribution in [3.63, 3.8) is 0 Å². The number of carbonyl (C=O) groups excluding carboxylic acids is 1. The van der Waals surface area contributed by atoms with Crippen LogP contribution in [-0.2, 0) is 16.1 Å². The number of nitrogens with one attached hydrogen (secondary N) is 1. The van der Waals surface area contributed by atoms with Gasteiger partial charge >= 0.3 is 5.97 Å². The zero-order chi connectivity index (χ0) is 15.9. The molecular formula is C15H23BrIN3O2S. The Labute approximate surface area is 167 Å². The van der Waals surface area contributed by atoms with E-state index in [9.17, 15) is 4.79 Å². The van der Waals surface area contributed by atoms with Gasteiger partial charge in [-0.15, -0.1) is 35.3 Å². The number of ether oxygens (including phenoxy) is 1. The predicted octanol–water partition coefficient (Wildman–Crippen LogP) is 3.48. The van der Waals surface area contributed by atoms with E-state index in [-0.39, 0.29) is 35.9 Å². The second-order valence-corrected chi connectivity index (χ2v) is 7.08. The van der Waals surface area contributed by atoms with Crippen LogP contribution in [0.25, 0.3) is 0 Å². The van der Waals surface area contributed by atoms with Crippen molar-refractivity contribution in [2.24, 2.45) is 10.9 Å². The highest BCUT2D eigenvalue weighted by Crippen LogP contribution is 2.20. The van der Waals surface area contributed by atoms with Gasteiger partial charge in [0.25, 0.3) is 0 Å². The summed E-state index contributed by atoms with van der Waals surface area (Å²) in [6.45, 7) is 4.62. The second kappa shape index (κ2) is 10.5. The second-order valence-electron chi connectivity index (χ2n) is 5.17. The first-order chi connectivity index (χ1) is 10.6. The van der Waals surface area contributed by atoms with Crippen molar-refractivity contribution in [2.75, 3.05) is 26.7 Å². The first-order valence-corrected chi connectivity index (χ1v) is 9.16. The van der Waals surface area contributed by atoms with Crippen LogP contribution in [-0.4, -0.2) is 43.6 Å². The number of rotatable bonds is 4. The number of hydrogen-bond donors (Lipinski definition) is 1. The van der Waals surface area contributed by atoms with E-state index in [2.05, 4.69) is 42.6 Å². The van der Waals surface area contributed by atoms with Gasteiger partial charge < -0.3 is 15.0 Å². The van der Waals surface area contributed by atoms with Gasteiger partial charge in [0.1, 0.15) is 0 Å². The van der Waals surface area contributed by atoms with Gasteiger partial charge in [0.05, 0.1) is 19.1 Å². The van der Waals surface area contributed by atoms with Crippen LogP contribution in [0.5, 0.6) is 0 Å². The summed E-state index contributed by atoms with van der Waals surface area (Å²) in [5, 5.41) is 5.44. The average Bonchev–Trinajstić information content (AvgIpc) is 2.94. The summed E-state index contributed by atoms with van der Waals surface area (Å²) in [4.78, 5) is 19.7. The summed E-state index contributed by atoms with van der Waals surface area (Å²) in [6, 6.07) is 2.10. The summed E-state index contributed by atoms with van der Waals surface area (Å²) < 4.78 is 6.25. The number of esters is 1. The molecule has 0 radical (unpaired) electrons. The molecule has 1 aromatic rings. The van der Waals surface area contributed by atoms with Crippen molar-refractivity contribution in [2.45, 2.75) is 26.3 Å². The van der Waals surface area contributed by atoms with Crippen molar-refractivity contribution in [1.29, 1.82) is 0 Å². The van der Waals surface area contributed by atoms with Crippen LogP contribution in [0.2, 0.25) is 0 Å². The third-order valence-corrected chi connectivity index (χ3v) is 5.29. The number of hydrogen-bond acceptors (Lipinski definition) is 4. The molecule has 2 rings (SSSR count). The highest BCUT2D eigenvalue weighted by Gasteiger charge is 2.28. The predicted molar refractivity (Wildman–Crippen MR) is 109 cm³/mol. The highest BCUT2D eigenvalue weighted by molar-refractivity contribution is 14.0. The van der Waals surface area contributed by atoms with Gasteiger partial charge in [0.15, 0.2) is 5.96 Å². The molecule has 8 heteroatoms. The Hall–Kier alpha value is -0.350. The lowest BCUT2D eigenvalue weighted by atomic mass is 9.98. The highest BCUT2D eigenvalue weighted by atomic mass is 127. The monoisotopic (exact) mass is 515 g/mol. The van der Waals surface area contributed by atoms with Crippen molar-refractivity contribution < 1.29 is 9.53 Å². The number of thiophene rings is 1. The smallest absolute Gasteiger partial charge is 0.310 e. The molecule has 1 saturated heterocycles. The van der Waals surface area contributed by atoms with E-state index in [1.165, 1.54) is 4.88 Å². The van der Waals surface area contributed by atoms with Crippen LogP contribution in [0.1, 0.15) is 24.6 Å². The van der Waals surface area contributed by atoms with E-state index in [0.29, 0.717) is 13.2 Å². The molecule has 1 aliphatic rings. The van der Waals surface area contributed by atoms with Gasteiger partial charge in [-0.3, -0.25) is 9.79 Å². The largest absolute Gasteiger partial charge is 0.466 e. The number of piperidine rings is 1. The maximum Gasteiger partial charge on any atom is 0.310 e. The minimum atomic E-state index is -0.0927. The lowest BCUT2D eigenvalue weighted by Crippen LogP contribution is -2.48. The van der Waals surface area contributed by atoms with Crippen LogP contribution in [0.15, 0.2) is 20.9 Å². The zero-order valence-electron chi connectivity index (χ0n) is 13.4. The lowest BCUT2D eigenvalue weighted by molar-refractivity contribution is -0.149. The molecular weight excluding hydrogens is 493 g/mol. The summed E-state index contributed by atoms with van der Waals surface area (Å²) in [5.41, 5.74) is 0. The lowest BCUT2D eigenvalue weighted by Gasteiger charge is -2.33. The Bertz CT molecular complexity index is 539. The maximum atomic E-state index is 11.9. The molecule has 0 amide bonds. The molecule has 0 spiro atoms. The molecule has 1 N–H and O–H groups in total. The van der Waals surface area contributed by atoms with Gasteiger partial charge in [0.2, 0.25) is 0 Å². The van der Waals surface area contributed by atoms with E-state index >= 15 is 0 Å². The first kappa shape index (κ1) is 20.7. The summed E-state index contributed by atoms with van der Waals surface area (Å²) in [6.07, 6.45) is 1.87. The Kier molecular flexibility index (Phi) is 9.45. The maximum absolute atomic E-state index is 11.9. The molecule has 0 saturated carbocycles. The molecule has 1 unspecified atom stereocenters. The van der Waals surface area contributed by atoms with Gasteiger partial charge in [-0.1, -0.05) is 0 Å². The first-order valence-electron chi connectivity index (χ1n) is 7.49. The molecule has 1 aromatic heterocycles. The normalized spacial score (nSPS) is 18.3. The van der Waals surface area contributed by atoms with Crippen LogP contribution < -0.4 is 5.32 Å². The Morgan fingerprint density at radius 1 is 1.61 bits per heavy atom. The third kappa shape index (κ3) is 6.22. The van der Waals surface area contributed by atoms with Crippen molar-refractivity contribution >= 4 is 63.2 Å². The van der Waals surface area contributed by atoms with Gasteiger partial charge in [-0.25, -0.2) is 0 Å². The molecule has 1 aliphatic heterocycles. The van der Waals surface area contributed by atoms with Crippen LogP contribution >= 0.6 is 51.2 Å². The van der Waals surface area contributed by atoms with Crippen LogP contribution in [0.3, 0.4) is 0 Å². The fraction of sp³-hybridized carbons (Fsp3) is 0.600. The van der Waals surface area contributed by atoms with E-state index < -0.39 is 0 Å². The third-order valence-electron chi connectivity index (χ3n) is 3.60. The summed E-state index contributed by atoms with van der Waals surface area (Å²) in [5.74, 6) is 0.700. The molecule has 23 heavy (non-hydrogen) atoms.